The van der Waals surface area contributed by atoms with E-state index in [0.29, 0.717) is 17.1 Å². The van der Waals surface area contributed by atoms with Crippen LogP contribution in [0.25, 0.3) is 0 Å². The number of hydrogen-bond acceptors (Lipinski definition) is 4. The Balaban J connectivity index is 1.49. The van der Waals surface area contributed by atoms with Crippen molar-refractivity contribution in [3.8, 4) is 5.88 Å². The number of nitrogens with zero attached hydrogens (tertiary/aromatic N) is 2. The zero-order valence-corrected chi connectivity index (χ0v) is 18.1. The van der Waals surface area contributed by atoms with Crippen LogP contribution in [0.1, 0.15) is 27.6 Å². The van der Waals surface area contributed by atoms with Gasteiger partial charge in [-0.05, 0) is 35.4 Å². The van der Waals surface area contributed by atoms with Crippen molar-refractivity contribution >= 4 is 17.3 Å². The molecule has 0 atom stereocenters. The third-order valence-electron chi connectivity index (χ3n) is 5.06. The van der Waals surface area contributed by atoms with Crippen LogP contribution in [0.5, 0.6) is 5.88 Å². The van der Waals surface area contributed by atoms with Gasteiger partial charge in [0.25, 0.3) is 5.91 Å². The topological polar surface area (TPSA) is 54.5 Å². The van der Waals surface area contributed by atoms with Gasteiger partial charge in [0.2, 0.25) is 5.88 Å². The summed E-state index contributed by atoms with van der Waals surface area (Å²) >= 11 is 0. The van der Waals surface area contributed by atoms with Crippen molar-refractivity contribution in [1.82, 2.24) is 4.98 Å². The fourth-order valence-electron chi connectivity index (χ4n) is 3.36. The standard InChI is InChI=1S/C27H25N3O2/c1-30(2)24-15-9-14-22(18-24)27(31)29-23-16-17-25(28-19-23)32-26(20-10-5-3-6-11-20)21-12-7-4-8-13-21/h3-19,26H,1-2H3,(H,29,31). The number of amides is 1. The van der Waals surface area contributed by atoms with Crippen LogP contribution in [0.15, 0.2) is 103 Å². The first-order valence-electron chi connectivity index (χ1n) is 10.4. The number of anilines is 2. The van der Waals surface area contributed by atoms with Crippen LogP contribution in [0.4, 0.5) is 11.4 Å². The van der Waals surface area contributed by atoms with Crippen LogP contribution in [0.3, 0.4) is 0 Å². The molecular weight excluding hydrogens is 398 g/mol. The van der Waals surface area contributed by atoms with Gasteiger partial charge in [-0.15, -0.1) is 0 Å². The van der Waals surface area contributed by atoms with E-state index in [2.05, 4.69) is 10.3 Å². The molecule has 0 saturated heterocycles. The zero-order chi connectivity index (χ0) is 22.3. The maximum absolute atomic E-state index is 12.6. The molecule has 4 rings (SSSR count). The number of aromatic nitrogens is 1. The molecule has 0 aliphatic heterocycles. The Labute approximate surface area is 188 Å². The Bertz CT molecular complexity index is 1120. The van der Waals surface area contributed by atoms with Gasteiger partial charge in [-0.25, -0.2) is 4.98 Å². The summed E-state index contributed by atoms with van der Waals surface area (Å²) in [5.74, 6) is 0.297. The van der Waals surface area contributed by atoms with E-state index in [1.54, 1.807) is 24.4 Å². The average molecular weight is 424 g/mol. The lowest BCUT2D eigenvalue weighted by molar-refractivity contribution is 0.102. The maximum Gasteiger partial charge on any atom is 0.255 e. The third-order valence-corrected chi connectivity index (χ3v) is 5.06. The molecule has 0 fully saturated rings. The predicted octanol–water partition coefficient (Wildman–Crippen LogP) is 5.57. The van der Waals surface area contributed by atoms with Crippen molar-refractivity contribution in [2.24, 2.45) is 0 Å². The molecule has 0 aliphatic carbocycles. The molecule has 0 saturated carbocycles. The molecule has 0 unspecified atom stereocenters. The normalized spacial score (nSPS) is 10.6. The fraction of sp³-hybridized carbons (Fsp3) is 0.111. The molecular formula is C27H25N3O2. The molecule has 5 nitrogen and oxygen atoms in total. The number of carbonyl (C=O) groups is 1. The minimum absolute atomic E-state index is 0.185. The molecule has 0 spiro atoms. The first-order chi connectivity index (χ1) is 15.6. The highest BCUT2D eigenvalue weighted by molar-refractivity contribution is 6.04. The Hall–Kier alpha value is -4.12. The molecule has 0 aliphatic rings. The summed E-state index contributed by atoms with van der Waals surface area (Å²) in [7, 11) is 3.88. The van der Waals surface area contributed by atoms with Crippen molar-refractivity contribution in [2.75, 3.05) is 24.3 Å². The van der Waals surface area contributed by atoms with Gasteiger partial charge in [-0.1, -0.05) is 66.7 Å². The van der Waals surface area contributed by atoms with E-state index < -0.39 is 0 Å². The molecule has 160 valence electrons. The zero-order valence-electron chi connectivity index (χ0n) is 18.1. The number of benzene rings is 3. The van der Waals surface area contributed by atoms with E-state index in [9.17, 15) is 4.79 Å². The lowest BCUT2D eigenvalue weighted by Crippen LogP contribution is -2.14. The molecule has 5 heteroatoms. The van der Waals surface area contributed by atoms with Crippen molar-refractivity contribution in [3.05, 3.63) is 120 Å². The van der Waals surface area contributed by atoms with Crippen LogP contribution in [-0.4, -0.2) is 25.0 Å². The summed E-state index contributed by atoms with van der Waals surface area (Å²) in [6, 6.07) is 31.1. The molecule has 32 heavy (non-hydrogen) atoms. The SMILES string of the molecule is CN(C)c1cccc(C(=O)Nc2ccc(OC(c3ccccc3)c3ccccc3)nc2)c1. The van der Waals surface area contributed by atoms with Crippen LogP contribution >= 0.6 is 0 Å². The van der Waals surface area contributed by atoms with Crippen molar-refractivity contribution in [1.29, 1.82) is 0 Å². The Morgan fingerprint density at radius 3 is 2.06 bits per heavy atom. The van der Waals surface area contributed by atoms with Gasteiger partial charge in [-0.3, -0.25) is 4.79 Å². The smallest absolute Gasteiger partial charge is 0.255 e. The molecule has 4 aromatic rings. The number of hydrogen-bond donors (Lipinski definition) is 1. The van der Waals surface area contributed by atoms with Gasteiger partial charge in [0, 0.05) is 31.4 Å². The minimum atomic E-state index is -0.279. The van der Waals surface area contributed by atoms with Crippen LogP contribution < -0.4 is 15.0 Å². The molecule has 0 bridgehead atoms. The highest BCUT2D eigenvalue weighted by Crippen LogP contribution is 2.28. The molecule has 1 heterocycles. The lowest BCUT2D eigenvalue weighted by Gasteiger charge is -2.19. The summed E-state index contributed by atoms with van der Waals surface area (Å²) in [4.78, 5) is 19.0. The number of ether oxygens (including phenoxy) is 1. The highest BCUT2D eigenvalue weighted by atomic mass is 16.5. The minimum Gasteiger partial charge on any atom is -0.465 e. The summed E-state index contributed by atoms with van der Waals surface area (Å²) in [5.41, 5.74) is 4.24. The van der Waals surface area contributed by atoms with Crippen LogP contribution in [0.2, 0.25) is 0 Å². The average Bonchev–Trinajstić information content (AvgIpc) is 2.84. The largest absolute Gasteiger partial charge is 0.465 e. The molecule has 1 N–H and O–H groups in total. The van der Waals surface area contributed by atoms with Gasteiger partial charge in [-0.2, -0.15) is 0 Å². The summed E-state index contributed by atoms with van der Waals surface area (Å²) in [6.45, 7) is 0. The first kappa shape index (κ1) is 21.1. The van der Waals surface area contributed by atoms with Crippen LogP contribution in [0, 0.1) is 0 Å². The Morgan fingerprint density at radius 1 is 0.844 bits per heavy atom. The second-order valence-corrected chi connectivity index (χ2v) is 7.60. The molecule has 1 aromatic heterocycles. The Morgan fingerprint density at radius 2 is 1.50 bits per heavy atom. The van der Waals surface area contributed by atoms with Crippen LogP contribution in [-0.2, 0) is 0 Å². The summed E-state index contributed by atoms with van der Waals surface area (Å²) in [5, 5.41) is 2.89. The summed E-state index contributed by atoms with van der Waals surface area (Å²) < 4.78 is 6.24. The predicted molar refractivity (Wildman–Crippen MR) is 128 cm³/mol. The van der Waals surface area contributed by atoms with E-state index in [1.165, 1.54) is 0 Å². The highest BCUT2D eigenvalue weighted by Gasteiger charge is 2.16. The number of carbonyl (C=O) groups excluding carboxylic acids is 1. The van der Waals surface area contributed by atoms with Crippen molar-refractivity contribution in [2.45, 2.75) is 6.10 Å². The quantitative estimate of drug-likeness (QED) is 0.422. The van der Waals surface area contributed by atoms with Crippen molar-refractivity contribution < 1.29 is 9.53 Å². The lowest BCUT2D eigenvalue weighted by atomic mass is 10.0. The molecule has 0 radical (unpaired) electrons. The van der Waals surface area contributed by atoms with E-state index in [0.717, 1.165) is 16.8 Å². The number of pyridine rings is 1. The fourth-order valence-corrected chi connectivity index (χ4v) is 3.36. The van der Waals surface area contributed by atoms with E-state index in [1.807, 2.05) is 97.9 Å². The number of rotatable bonds is 7. The second kappa shape index (κ2) is 9.79. The van der Waals surface area contributed by atoms with Gasteiger partial charge in [0.05, 0.1) is 11.9 Å². The Kier molecular flexibility index (Phi) is 6.46. The van der Waals surface area contributed by atoms with E-state index in [-0.39, 0.29) is 12.0 Å². The van der Waals surface area contributed by atoms with Gasteiger partial charge in [0.1, 0.15) is 0 Å². The monoisotopic (exact) mass is 423 g/mol. The number of nitrogens with one attached hydrogen (secondary N) is 1. The molecule has 3 aromatic carbocycles. The van der Waals surface area contributed by atoms with E-state index >= 15 is 0 Å². The third kappa shape index (κ3) is 5.13. The summed E-state index contributed by atoms with van der Waals surface area (Å²) in [6.07, 6.45) is 1.33. The molecule has 1 amide bonds. The van der Waals surface area contributed by atoms with Gasteiger partial charge >= 0.3 is 0 Å². The van der Waals surface area contributed by atoms with Crippen molar-refractivity contribution in [3.63, 3.8) is 0 Å². The van der Waals surface area contributed by atoms with E-state index in [4.69, 9.17) is 4.74 Å². The van der Waals surface area contributed by atoms with Gasteiger partial charge in [0.15, 0.2) is 6.10 Å². The second-order valence-electron chi connectivity index (χ2n) is 7.60. The van der Waals surface area contributed by atoms with Gasteiger partial charge < -0.3 is 15.0 Å². The maximum atomic E-state index is 12.6. The first-order valence-corrected chi connectivity index (χ1v) is 10.4.